The number of nitrogens with zero attached hydrogens (tertiary/aromatic N) is 3. The molecule has 0 saturated heterocycles. The van der Waals surface area contributed by atoms with Crippen LogP contribution < -0.4 is 0 Å². The summed E-state index contributed by atoms with van der Waals surface area (Å²) in [6.07, 6.45) is 10.6. The van der Waals surface area contributed by atoms with E-state index in [1.165, 1.54) is 25.7 Å². The largest absolute Gasteiger partial charge is 0.339 e. The van der Waals surface area contributed by atoms with Gasteiger partial charge >= 0.3 is 0 Å². The molecule has 1 atom stereocenters. The number of likely N-dealkylation sites (N-methyl/N-ethyl adjacent to an activating group) is 1. The van der Waals surface area contributed by atoms with Gasteiger partial charge in [-0.3, -0.25) is 14.8 Å². The van der Waals surface area contributed by atoms with E-state index in [1.807, 2.05) is 30.2 Å². The molecule has 4 nitrogen and oxygen atoms in total. The maximum Gasteiger partial charge on any atom is 0.253 e. The minimum Gasteiger partial charge on any atom is -0.339 e. The van der Waals surface area contributed by atoms with Crippen molar-refractivity contribution >= 4 is 17.3 Å². The Labute approximate surface area is 140 Å². The standard InChI is InChI=1S/C19H29N3O/c1-13-6-8-15(9-7-13)14(2)22(5)19(23)16-10-11-17(20-3)18(12-16)21-4/h10-15H,6-9H2,1-5H3/b20-17-,21-18-/t13?,14-,15?/m1/s1. The Morgan fingerprint density at radius 2 is 1.74 bits per heavy atom. The smallest absolute Gasteiger partial charge is 0.253 e. The lowest BCUT2D eigenvalue weighted by molar-refractivity contribution is -0.128. The summed E-state index contributed by atoms with van der Waals surface area (Å²) in [7, 11) is 5.39. The van der Waals surface area contributed by atoms with Gasteiger partial charge in [-0.2, -0.15) is 0 Å². The van der Waals surface area contributed by atoms with Crippen LogP contribution in [-0.2, 0) is 4.79 Å². The van der Waals surface area contributed by atoms with Gasteiger partial charge in [-0.15, -0.1) is 0 Å². The van der Waals surface area contributed by atoms with Crippen molar-refractivity contribution in [2.75, 3.05) is 21.1 Å². The van der Waals surface area contributed by atoms with Gasteiger partial charge in [0.05, 0.1) is 11.4 Å². The monoisotopic (exact) mass is 315 g/mol. The molecule has 0 bridgehead atoms. The zero-order valence-electron chi connectivity index (χ0n) is 15.0. The van der Waals surface area contributed by atoms with Gasteiger partial charge in [0.25, 0.3) is 5.91 Å². The van der Waals surface area contributed by atoms with Crippen LogP contribution in [0.2, 0.25) is 0 Å². The third-order valence-corrected chi connectivity index (χ3v) is 5.38. The van der Waals surface area contributed by atoms with Gasteiger partial charge in [0, 0.05) is 32.8 Å². The lowest BCUT2D eigenvalue weighted by atomic mass is 9.79. The highest BCUT2D eigenvalue weighted by molar-refractivity contribution is 6.52. The molecule has 23 heavy (non-hydrogen) atoms. The summed E-state index contributed by atoms with van der Waals surface area (Å²) >= 11 is 0. The van der Waals surface area contributed by atoms with E-state index in [9.17, 15) is 4.79 Å². The van der Waals surface area contributed by atoms with Gasteiger partial charge in [-0.05, 0) is 49.8 Å². The molecule has 0 N–H and O–H groups in total. The van der Waals surface area contributed by atoms with E-state index >= 15 is 0 Å². The molecule has 126 valence electrons. The van der Waals surface area contributed by atoms with Crippen molar-refractivity contribution in [2.45, 2.75) is 45.6 Å². The highest BCUT2D eigenvalue weighted by Gasteiger charge is 2.29. The fraction of sp³-hybridized carbons (Fsp3) is 0.632. The van der Waals surface area contributed by atoms with Crippen molar-refractivity contribution in [1.29, 1.82) is 0 Å². The first-order valence-electron chi connectivity index (χ1n) is 8.58. The van der Waals surface area contributed by atoms with E-state index in [1.54, 1.807) is 14.1 Å². The Kier molecular flexibility index (Phi) is 5.91. The molecule has 0 radical (unpaired) electrons. The molecule has 0 spiro atoms. The molecule has 0 unspecified atom stereocenters. The minimum absolute atomic E-state index is 0.0728. The maximum absolute atomic E-state index is 12.8. The van der Waals surface area contributed by atoms with Crippen molar-refractivity contribution in [3.8, 4) is 0 Å². The molecule has 1 fully saturated rings. The number of rotatable bonds is 3. The summed E-state index contributed by atoms with van der Waals surface area (Å²) in [6, 6.07) is 0.271. The molecule has 2 aliphatic carbocycles. The summed E-state index contributed by atoms with van der Waals surface area (Å²) < 4.78 is 0. The average molecular weight is 315 g/mol. The van der Waals surface area contributed by atoms with Crippen molar-refractivity contribution < 1.29 is 4.79 Å². The van der Waals surface area contributed by atoms with Gasteiger partial charge < -0.3 is 4.90 Å². The molecule has 1 saturated carbocycles. The highest BCUT2D eigenvalue weighted by Crippen LogP contribution is 2.32. The zero-order chi connectivity index (χ0) is 17.0. The zero-order valence-corrected chi connectivity index (χ0v) is 15.0. The minimum atomic E-state index is 0.0728. The van der Waals surface area contributed by atoms with Crippen LogP contribution in [0.25, 0.3) is 0 Å². The summed E-state index contributed by atoms with van der Waals surface area (Å²) in [5.41, 5.74) is 2.28. The number of allylic oxidation sites excluding steroid dienone is 2. The summed E-state index contributed by atoms with van der Waals surface area (Å²) in [5.74, 6) is 1.52. The number of carbonyl (C=O) groups is 1. The number of hydrogen-bond donors (Lipinski definition) is 0. The quantitative estimate of drug-likeness (QED) is 0.737. The fourth-order valence-corrected chi connectivity index (χ4v) is 3.50. The molecule has 0 aromatic rings. The first-order chi connectivity index (χ1) is 11.0. The van der Waals surface area contributed by atoms with Crippen LogP contribution in [0.5, 0.6) is 0 Å². The van der Waals surface area contributed by atoms with Crippen molar-refractivity contribution in [3.63, 3.8) is 0 Å². The number of carbonyl (C=O) groups excluding carboxylic acids is 1. The van der Waals surface area contributed by atoms with Gasteiger partial charge in [0.2, 0.25) is 0 Å². The second kappa shape index (κ2) is 7.71. The number of aliphatic imine (C=N–C) groups is 2. The Morgan fingerprint density at radius 3 is 2.30 bits per heavy atom. The molecule has 2 aliphatic rings. The Hall–Kier alpha value is -1.71. The predicted molar refractivity (Wildman–Crippen MR) is 97.3 cm³/mol. The van der Waals surface area contributed by atoms with Crippen LogP contribution in [-0.4, -0.2) is 49.4 Å². The van der Waals surface area contributed by atoms with Crippen LogP contribution in [0.4, 0.5) is 0 Å². The van der Waals surface area contributed by atoms with E-state index in [-0.39, 0.29) is 11.9 Å². The third kappa shape index (κ3) is 3.98. The van der Waals surface area contributed by atoms with E-state index in [0.717, 1.165) is 17.3 Å². The Morgan fingerprint density at radius 1 is 1.13 bits per heavy atom. The fourth-order valence-electron chi connectivity index (χ4n) is 3.50. The lowest BCUT2D eigenvalue weighted by Crippen LogP contribution is -2.42. The topological polar surface area (TPSA) is 45.0 Å². The molecule has 0 aliphatic heterocycles. The van der Waals surface area contributed by atoms with Crippen molar-refractivity contribution in [3.05, 3.63) is 23.8 Å². The molecule has 0 heterocycles. The molecule has 0 aromatic carbocycles. The average Bonchev–Trinajstić information content (AvgIpc) is 2.59. The van der Waals surface area contributed by atoms with Crippen molar-refractivity contribution in [1.82, 2.24) is 4.90 Å². The molecular weight excluding hydrogens is 286 g/mol. The predicted octanol–water partition coefficient (Wildman–Crippen LogP) is 3.30. The number of hydrogen-bond acceptors (Lipinski definition) is 3. The summed E-state index contributed by atoms with van der Waals surface area (Å²) in [4.78, 5) is 23.1. The second-order valence-corrected chi connectivity index (χ2v) is 6.83. The van der Waals surface area contributed by atoms with Gasteiger partial charge in [-0.1, -0.05) is 19.8 Å². The SMILES string of the molecule is C/N=C1/C=CC(C(=O)N(C)[C@H](C)C2CCC(C)CC2)=C/C1=N/C. The van der Waals surface area contributed by atoms with Crippen LogP contribution in [0, 0.1) is 11.8 Å². The van der Waals surface area contributed by atoms with E-state index in [4.69, 9.17) is 0 Å². The molecule has 0 aromatic heterocycles. The first kappa shape index (κ1) is 17.6. The first-order valence-corrected chi connectivity index (χ1v) is 8.58. The molecular formula is C19H29N3O. The third-order valence-electron chi connectivity index (χ3n) is 5.38. The summed E-state index contributed by atoms with van der Waals surface area (Å²) in [6.45, 7) is 4.51. The van der Waals surface area contributed by atoms with E-state index in [0.29, 0.717) is 11.5 Å². The molecule has 1 amide bonds. The van der Waals surface area contributed by atoms with E-state index < -0.39 is 0 Å². The summed E-state index contributed by atoms with van der Waals surface area (Å²) in [5, 5.41) is 0. The van der Waals surface area contributed by atoms with Crippen LogP contribution in [0.15, 0.2) is 33.8 Å². The van der Waals surface area contributed by atoms with E-state index in [2.05, 4.69) is 23.8 Å². The van der Waals surface area contributed by atoms with Crippen molar-refractivity contribution in [2.24, 2.45) is 21.8 Å². The lowest BCUT2D eigenvalue weighted by Gasteiger charge is -2.36. The maximum atomic E-state index is 12.8. The second-order valence-electron chi connectivity index (χ2n) is 6.83. The highest BCUT2D eigenvalue weighted by atomic mass is 16.2. The van der Waals surface area contributed by atoms with Crippen LogP contribution in [0.3, 0.4) is 0 Å². The molecule has 4 heteroatoms. The Bertz CT molecular complexity index is 563. The van der Waals surface area contributed by atoms with Gasteiger partial charge in [-0.25, -0.2) is 0 Å². The normalized spacial score (nSPS) is 29.5. The molecule has 2 rings (SSSR count). The Balaban J connectivity index is 2.08. The van der Waals surface area contributed by atoms with Gasteiger partial charge in [0.15, 0.2) is 0 Å². The van der Waals surface area contributed by atoms with Crippen LogP contribution >= 0.6 is 0 Å². The van der Waals surface area contributed by atoms with Gasteiger partial charge in [0.1, 0.15) is 0 Å². The van der Waals surface area contributed by atoms with Crippen LogP contribution in [0.1, 0.15) is 39.5 Å². The number of amides is 1.